The van der Waals surface area contributed by atoms with E-state index in [-0.39, 0.29) is 11.1 Å². The Labute approximate surface area is 148 Å². The van der Waals surface area contributed by atoms with Gasteiger partial charge in [-0.05, 0) is 29.8 Å². The maximum Gasteiger partial charge on any atom is 0.162 e. The molecule has 24 heavy (non-hydrogen) atoms. The molecular formula is C19H15BrFNO2. The molecule has 0 aromatic heterocycles. The maximum absolute atomic E-state index is 13.9. The van der Waals surface area contributed by atoms with Crippen LogP contribution in [0.25, 0.3) is 11.6 Å². The Bertz CT molecular complexity index is 825. The van der Waals surface area contributed by atoms with Gasteiger partial charge in [0, 0.05) is 10.0 Å². The molecular weight excluding hydrogens is 373 g/mol. The number of ether oxygens (including phenoxy) is 2. The van der Waals surface area contributed by atoms with Crippen molar-refractivity contribution in [3.05, 3.63) is 70.5 Å². The Kier molecular flexibility index (Phi) is 6.16. The Hall–Kier alpha value is -2.58. The molecule has 0 radical (unpaired) electrons. The average molecular weight is 388 g/mol. The van der Waals surface area contributed by atoms with Crippen LogP contribution >= 0.6 is 15.9 Å². The monoisotopic (exact) mass is 387 g/mol. The number of rotatable bonds is 6. The number of nitriles is 1. The van der Waals surface area contributed by atoms with E-state index >= 15 is 0 Å². The van der Waals surface area contributed by atoms with Gasteiger partial charge in [0.15, 0.2) is 11.5 Å². The third-order valence-corrected chi connectivity index (χ3v) is 3.91. The first-order valence-electron chi connectivity index (χ1n) is 7.08. The zero-order chi connectivity index (χ0) is 17.5. The summed E-state index contributed by atoms with van der Waals surface area (Å²) in [5, 5.41) is 9.39. The van der Waals surface area contributed by atoms with Crippen LogP contribution in [0.2, 0.25) is 0 Å². The van der Waals surface area contributed by atoms with Gasteiger partial charge in [-0.1, -0.05) is 46.8 Å². The van der Waals surface area contributed by atoms with E-state index in [1.807, 2.05) is 6.07 Å². The van der Waals surface area contributed by atoms with Crippen molar-refractivity contribution in [2.24, 2.45) is 0 Å². The molecule has 0 bridgehead atoms. The molecule has 2 aromatic carbocycles. The van der Waals surface area contributed by atoms with Gasteiger partial charge in [0.1, 0.15) is 12.4 Å². The first-order valence-corrected chi connectivity index (χ1v) is 7.88. The summed E-state index contributed by atoms with van der Waals surface area (Å²) in [4.78, 5) is 0. The highest BCUT2D eigenvalue weighted by atomic mass is 79.9. The van der Waals surface area contributed by atoms with Gasteiger partial charge < -0.3 is 9.47 Å². The van der Waals surface area contributed by atoms with Crippen LogP contribution in [0, 0.1) is 17.1 Å². The third-order valence-electron chi connectivity index (χ3n) is 3.22. The fourth-order valence-corrected chi connectivity index (χ4v) is 2.52. The summed E-state index contributed by atoms with van der Waals surface area (Å²) < 4.78 is 25.5. The van der Waals surface area contributed by atoms with E-state index < -0.39 is 5.82 Å². The van der Waals surface area contributed by atoms with Crippen molar-refractivity contribution >= 4 is 27.6 Å². The number of nitrogens with zero attached hydrogens (tertiary/aromatic N) is 1. The minimum atomic E-state index is -0.445. The summed E-state index contributed by atoms with van der Waals surface area (Å²) in [6.07, 6.45) is 3.23. The second-order valence-electron chi connectivity index (χ2n) is 4.77. The normalized spacial score (nSPS) is 10.8. The SMILES string of the molecule is C=CCOc1cc(Br)c(C=C(C#N)c2ccccc2F)cc1OC. The molecule has 5 heteroatoms. The van der Waals surface area contributed by atoms with Crippen molar-refractivity contribution in [3.63, 3.8) is 0 Å². The van der Waals surface area contributed by atoms with Crippen LogP contribution in [0.5, 0.6) is 11.5 Å². The van der Waals surface area contributed by atoms with Crippen LogP contribution < -0.4 is 9.47 Å². The standard InChI is InChI=1S/C19H15BrFNO2/c1-3-8-24-19-11-16(20)13(10-18(19)23-2)9-14(12-22)15-6-4-5-7-17(15)21/h3-7,9-11H,1,8H2,2H3. The van der Waals surface area contributed by atoms with Crippen LogP contribution in [0.4, 0.5) is 4.39 Å². The number of halogens is 2. The number of benzene rings is 2. The lowest BCUT2D eigenvalue weighted by atomic mass is 10.0. The maximum atomic E-state index is 13.9. The second-order valence-corrected chi connectivity index (χ2v) is 5.63. The van der Waals surface area contributed by atoms with E-state index in [9.17, 15) is 9.65 Å². The van der Waals surface area contributed by atoms with Crippen molar-refractivity contribution in [3.8, 4) is 17.6 Å². The lowest BCUT2D eigenvalue weighted by Crippen LogP contribution is -1.97. The fraction of sp³-hybridized carbons (Fsp3) is 0.105. The molecule has 0 aliphatic heterocycles. The third kappa shape index (κ3) is 4.03. The van der Waals surface area contributed by atoms with Gasteiger partial charge in [0.2, 0.25) is 0 Å². The van der Waals surface area contributed by atoms with Gasteiger partial charge in [0.25, 0.3) is 0 Å². The van der Waals surface area contributed by atoms with Crippen molar-refractivity contribution in [2.45, 2.75) is 0 Å². The van der Waals surface area contributed by atoms with Gasteiger partial charge in [-0.3, -0.25) is 0 Å². The van der Waals surface area contributed by atoms with Gasteiger partial charge in [-0.15, -0.1) is 0 Å². The molecule has 0 heterocycles. The Morgan fingerprint density at radius 2 is 2.08 bits per heavy atom. The van der Waals surface area contributed by atoms with Gasteiger partial charge in [0.05, 0.1) is 18.8 Å². The minimum absolute atomic E-state index is 0.218. The number of hydrogen-bond donors (Lipinski definition) is 0. The van der Waals surface area contributed by atoms with Crippen molar-refractivity contribution < 1.29 is 13.9 Å². The number of methoxy groups -OCH3 is 1. The molecule has 3 nitrogen and oxygen atoms in total. The molecule has 0 aliphatic carbocycles. The molecule has 0 atom stereocenters. The summed E-state index contributed by atoms with van der Waals surface area (Å²) >= 11 is 3.44. The van der Waals surface area contributed by atoms with Crippen LogP contribution in [0.1, 0.15) is 11.1 Å². The highest BCUT2D eigenvalue weighted by molar-refractivity contribution is 9.10. The van der Waals surface area contributed by atoms with Crippen LogP contribution in [-0.2, 0) is 0 Å². The van der Waals surface area contributed by atoms with E-state index in [1.54, 1.807) is 42.5 Å². The molecule has 2 aromatic rings. The largest absolute Gasteiger partial charge is 0.493 e. The molecule has 0 spiro atoms. The zero-order valence-corrected chi connectivity index (χ0v) is 14.6. The molecule has 0 fully saturated rings. The minimum Gasteiger partial charge on any atom is -0.493 e. The molecule has 0 amide bonds. The van der Waals surface area contributed by atoms with Gasteiger partial charge in [-0.25, -0.2) is 4.39 Å². The topological polar surface area (TPSA) is 42.2 Å². The van der Waals surface area contributed by atoms with Crippen molar-refractivity contribution in [1.82, 2.24) is 0 Å². The predicted octanol–water partition coefficient (Wildman–Crippen LogP) is 5.23. The molecule has 122 valence electrons. The van der Waals surface area contributed by atoms with Crippen LogP contribution in [-0.4, -0.2) is 13.7 Å². The van der Waals surface area contributed by atoms with E-state index in [4.69, 9.17) is 9.47 Å². The second kappa shape index (κ2) is 8.32. The van der Waals surface area contributed by atoms with Gasteiger partial charge in [-0.2, -0.15) is 5.26 Å². The van der Waals surface area contributed by atoms with Crippen molar-refractivity contribution in [1.29, 1.82) is 5.26 Å². The fourth-order valence-electron chi connectivity index (χ4n) is 2.09. The molecule has 0 unspecified atom stereocenters. The summed E-state index contributed by atoms with van der Waals surface area (Å²) in [5.41, 5.74) is 1.14. The highest BCUT2D eigenvalue weighted by Gasteiger charge is 2.12. The summed E-state index contributed by atoms with van der Waals surface area (Å²) in [5.74, 6) is 0.613. The summed E-state index contributed by atoms with van der Waals surface area (Å²) in [7, 11) is 1.53. The smallest absolute Gasteiger partial charge is 0.162 e. The average Bonchev–Trinajstić information content (AvgIpc) is 2.59. The highest BCUT2D eigenvalue weighted by Crippen LogP contribution is 2.35. The van der Waals surface area contributed by atoms with E-state index in [1.165, 1.54) is 13.2 Å². The number of hydrogen-bond acceptors (Lipinski definition) is 3. The quantitative estimate of drug-likeness (QED) is 0.387. The van der Waals surface area contributed by atoms with Crippen molar-refractivity contribution in [2.75, 3.05) is 13.7 Å². The Morgan fingerprint density at radius 3 is 2.71 bits per heavy atom. The molecule has 0 saturated heterocycles. The molecule has 0 saturated carbocycles. The van der Waals surface area contributed by atoms with E-state index in [0.717, 1.165) is 0 Å². The Balaban J connectivity index is 2.49. The first kappa shape index (κ1) is 17.8. The lowest BCUT2D eigenvalue weighted by Gasteiger charge is -2.12. The Morgan fingerprint density at radius 1 is 1.33 bits per heavy atom. The molecule has 0 aliphatic rings. The van der Waals surface area contributed by atoms with Gasteiger partial charge >= 0.3 is 0 Å². The van der Waals surface area contributed by atoms with Crippen LogP contribution in [0.3, 0.4) is 0 Å². The molecule has 2 rings (SSSR count). The van der Waals surface area contributed by atoms with E-state index in [0.29, 0.717) is 28.1 Å². The summed E-state index contributed by atoms with van der Waals surface area (Å²) in [6.45, 7) is 3.95. The van der Waals surface area contributed by atoms with Crippen LogP contribution in [0.15, 0.2) is 53.5 Å². The predicted molar refractivity (Wildman–Crippen MR) is 96.3 cm³/mol. The number of allylic oxidation sites excluding steroid dienone is 1. The summed E-state index contributed by atoms with van der Waals surface area (Å²) in [6, 6.07) is 11.7. The zero-order valence-electron chi connectivity index (χ0n) is 13.1. The first-order chi connectivity index (χ1) is 11.6. The molecule has 0 N–H and O–H groups in total. The lowest BCUT2D eigenvalue weighted by molar-refractivity contribution is 0.326. The van der Waals surface area contributed by atoms with E-state index in [2.05, 4.69) is 22.5 Å².